The predicted octanol–water partition coefficient (Wildman–Crippen LogP) is 1.98. The number of benzene rings is 1. The van der Waals surface area contributed by atoms with Gasteiger partial charge >= 0.3 is 0 Å². The minimum absolute atomic E-state index is 0.215. The molecule has 1 aromatic heterocycles. The number of hydrogen-bond donors (Lipinski definition) is 2. The standard InChI is InChI=1S/C9H7IN4OS/c10-6-3-1-5(2-4-6)7(15)12-9-14-13-8(11)16-9/h1-4H,(H2,11,13)(H,12,14,15). The van der Waals surface area contributed by atoms with Crippen LogP contribution in [0.1, 0.15) is 10.4 Å². The van der Waals surface area contributed by atoms with Gasteiger partial charge in [-0.05, 0) is 46.9 Å². The molecule has 1 aromatic carbocycles. The highest BCUT2D eigenvalue weighted by molar-refractivity contribution is 14.1. The number of nitrogen functional groups attached to an aromatic ring is 1. The van der Waals surface area contributed by atoms with E-state index in [1.165, 1.54) is 0 Å². The zero-order valence-corrected chi connectivity index (χ0v) is 10.9. The molecule has 0 aliphatic heterocycles. The molecule has 2 aromatic rings. The van der Waals surface area contributed by atoms with E-state index in [1.54, 1.807) is 12.1 Å². The number of anilines is 2. The highest BCUT2D eigenvalue weighted by Gasteiger charge is 2.08. The number of nitrogens with zero attached hydrogens (tertiary/aromatic N) is 2. The third kappa shape index (κ3) is 2.67. The van der Waals surface area contributed by atoms with Gasteiger partial charge in [0.05, 0.1) is 0 Å². The fraction of sp³-hybridized carbons (Fsp3) is 0. The van der Waals surface area contributed by atoms with Crippen molar-refractivity contribution in [3.05, 3.63) is 33.4 Å². The van der Waals surface area contributed by atoms with Gasteiger partial charge < -0.3 is 5.73 Å². The molecule has 1 amide bonds. The average Bonchev–Trinajstić information content (AvgIpc) is 2.65. The first-order valence-electron chi connectivity index (χ1n) is 4.31. The van der Waals surface area contributed by atoms with Crippen LogP contribution >= 0.6 is 33.9 Å². The Morgan fingerprint density at radius 1 is 1.31 bits per heavy atom. The van der Waals surface area contributed by atoms with E-state index >= 15 is 0 Å². The Morgan fingerprint density at radius 2 is 2.00 bits per heavy atom. The van der Waals surface area contributed by atoms with Crippen LogP contribution in [-0.4, -0.2) is 16.1 Å². The van der Waals surface area contributed by atoms with Crippen LogP contribution in [0.15, 0.2) is 24.3 Å². The van der Waals surface area contributed by atoms with Crippen molar-refractivity contribution < 1.29 is 4.79 Å². The Bertz CT molecular complexity index is 510. The SMILES string of the molecule is Nc1nnc(NC(=O)c2ccc(I)cc2)s1. The number of amides is 1. The van der Waals surface area contributed by atoms with Crippen LogP contribution < -0.4 is 11.1 Å². The van der Waals surface area contributed by atoms with E-state index in [9.17, 15) is 4.79 Å². The summed E-state index contributed by atoms with van der Waals surface area (Å²) in [7, 11) is 0. The largest absolute Gasteiger partial charge is 0.374 e. The fourth-order valence-corrected chi connectivity index (χ4v) is 1.92. The van der Waals surface area contributed by atoms with Gasteiger partial charge in [0.1, 0.15) is 0 Å². The van der Waals surface area contributed by atoms with Gasteiger partial charge in [-0.1, -0.05) is 11.3 Å². The number of rotatable bonds is 2. The zero-order valence-electron chi connectivity index (χ0n) is 7.98. The molecule has 0 saturated carbocycles. The van der Waals surface area contributed by atoms with Gasteiger partial charge in [-0.25, -0.2) is 0 Å². The fourth-order valence-electron chi connectivity index (χ4n) is 1.06. The van der Waals surface area contributed by atoms with Crippen LogP contribution in [0.25, 0.3) is 0 Å². The maximum Gasteiger partial charge on any atom is 0.257 e. The smallest absolute Gasteiger partial charge is 0.257 e. The van der Waals surface area contributed by atoms with Crippen molar-refractivity contribution in [3.63, 3.8) is 0 Å². The van der Waals surface area contributed by atoms with Crippen molar-refractivity contribution in [1.82, 2.24) is 10.2 Å². The second-order valence-electron chi connectivity index (χ2n) is 2.91. The van der Waals surface area contributed by atoms with E-state index in [-0.39, 0.29) is 5.91 Å². The number of nitrogens with one attached hydrogen (secondary N) is 1. The van der Waals surface area contributed by atoms with Gasteiger partial charge in [-0.15, -0.1) is 10.2 Å². The van der Waals surface area contributed by atoms with E-state index in [2.05, 4.69) is 38.1 Å². The molecule has 0 fully saturated rings. The minimum atomic E-state index is -0.215. The molecule has 0 saturated heterocycles. The molecule has 1 heterocycles. The average molecular weight is 346 g/mol. The van der Waals surface area contributed by atoms with Crippen LogP contribution in [0.4, 0.5) is 10.3 Å². The summed E-state index contributed by atoms with van der Waals surface area (Å²) in [4.78, 5) is 11.7. The number of aromatic nitrogens is 2. The van der Waals surface area contributed by atoms with Crippen LogP contribution in [0.3, 0.4) is 0 Å². The van der Waals surface area contributed by atoms with Gasteiger partial charge in [-0.2, -0.15) is 0 Å². The third-order valence-electron chi connectivity index (χ3n) is 1.77. The summed E-state index contributed by atoms with van der Waals surface area (Å²) in [6.07, 6.45) is 0. The Morgan fingerprint density at radius 3 is 2.56 bits per heavy atom. The molecule has 82 valence electrons. The van der Waals surface area contributed by atoms with E-state index in [4.69, 9.17) is 5.73 Å². The van der Waals surface area contributed by atoms with Crippen LogP contribution in [0.5, 0.6) is 0 Å². The zero-order chi connectivity index (χ0) is 11.5. The third-order valence-corrected chi connectivity index (χ3v) is 3.15. The van der Waals surface area contributed by atoms with Crippen molar-refractivity contribution in [3.8, 4) is 0 Å². The summed E-state index contributed by atoms with van der Waals surface area (Å²) in [6.45, 7) is 0. The summed E-state index contributed by atoms with van der Waals surface area (Å²) in [5.74, 6) is -0.215. The monoisotopic (exact) mass is 346 g/mol. The van der Waals surface area contributed by atoms with Crippen molar-refractivity contribution >= 4 is 50.1 Å². The number of halogens is 1. The number of nitrogens with two attached hydrogens (primary N) is 1. The van der Waals surface area contributed by atoms with Gasteiger partial charge in [0.2, 0.25) is 10.3 Å². The lowest BCUT2D eigenvalue weighted by Gasteiger charge is -2.00. The maximum absolute atomic E-state index is 11.7. The molecular weight excluding hydrogens is 339 g/mol. The Kier molecular flexibility index (Phi) is 3.34. The molecule has 7 heteroatoms. The molecule has 3 N–H and O–H groups in total. The van der Waals surface area contributed by atoms with E-state index in [0.29, 0.717) is 15.8 Å². The lowest BCUT2D eigenvalue weighted by atomic mass is 10.2. The van der Waals surface area contributed by atoms with Crippen LogP contribution in [0, 0.1) is 3.57 Å². The molecule has 16 heavy (non-hydrogen) atoms. The summed E-state index contributed by atoms with van der Waals surface area (Å²) in [5.41, 5.74) is 5.98. The molecule has 2 rings (SSSR count). The lowest BCUT2D eigenvalue weighted by molar-refractivity contribution is 0.102. The molecule has 5 nitrogen and oxygen atoms in total. The highest BCUT2D eigenvalue weighted by atomic mass is 127. The summed E-state index contributed by atoms with van der Waals surface area (Å²) in [6, 6.07) is 7.23. The summed E-state index contributed by atoms with van der Waals surface area (Å²) < 4.78 is 1.08. The first-order valence-corrected chi connectivity index (χ1v) is 6.20. The van der Waals surface area contributed by atoms with Crippen molar-refractivity contribution in [2.45, 2.75) is 0 Å². The Hall–Kier alpha value is -1.22. The van der Waals surface area contributed by atoms with Gasteiger partial charge in [0.15, 0.2) is 0 Å². The second-order valence-corrected chi connectivity index (χ2v) is 5.16. The Balaban J connectivity index is 2.11. The first kappa shape index (κ1) is 11.3. The van der Waals surface area contributed by atoms with Crippen molar-refractivity contribution in [2.24, 2.45) is 0 Å². The highest BCUT2D eigenvalue weighted by Crippen LogP contribution is 2.17. The second kappa shape index (κ2) is 4.74. The molecule has 0 spiro atoms. The molecule has 0 bridgehead atoms. The summed E-state index contributed by atoms with van der Waals surface area (Å²) >= 11 is 3.31. The predicted molar refractivity (Wildman–Crippen MR) is 71.4 cm³/mol. The van der Waals surface area contributed by atoms with Gasteiger partial charge in [-0.3, -0.25) is 10.1 Å². The van der Waals surface area contributed by atoms with Crippen LogP contribution in [-0.2, 0) is 0 Å². The number of carbonyl (C=O) groups is 1. The van der Waals surface area contributed by atoms with Crippen molar-refractivity contribution in [2.75, 3.05) is 11.1 Å². The van der Waals surface area contributed by atoms with E-state index in [1.807, 2.05) is 12.1 Å². The lowest BCUT2D eigenvalue weighted by Crippen LogP contribution is -2.11. The summed E-state index contributed by atoms with van der Waals surface area (Å²) in [5, 5.41) is 10.7. The molecule has 0 radical (unpaired) electrons. The molecule has 0 aliphatic rings. The molecular formula is C9H7IN4OS. The van der Waals surface area contributed by atoms with Gasteiger partial charge in [0.25, 0.3) is 5.91 Å². The van der Waals surface area contributed by atoms with Gasteiger partial charge in [0, 0.05) is 9.13 Å². The number of hydrogen-bond acceptors (Lipinski definition) is 5. The van der Waals surface area contributed by atoms with E-state index in [0.717, 1.165) is 14.9 Å². The minimum Gasteiger partial charge on any atom is -0.374 e. The molecule has 0 unspecified atom stereocenters. The maximum atomic E-state index is 11.7. The molecule has 0 atom stereocenters. The van der Waals surface area contributed by atoms with Crippen molar-refractivity contribution in [1.29, 1.82) is 0 Å². The topological polar surface area (TPSA) is 80.9 Å². The van der Waals surface area contributed by atoms with Crippen LogP contribution in [0.2, 0.25) is 0 Å². The first-order chi connectivity index (χ1) is 7.65. The number of carbonyl (C=O) groups excluding carboxylic acids is 1. The molecule has 0 aliphatic carbocycles. The Labute approximate surface area is 109 Å². The van der Waals surface area contributed by atoms with E-state index < -0.39 is 0 Å². The quantitative estimate of drug-likeness (QED) is 0.815. The normalized spacial score (nSPS) is 10.1.